The molecule has 1 aromatic heterocycles. The summed E-state index contributed by atoms with van der Waals surface area (Å²) in [6.45, 7) is 3.70. The first-order chi connectivity index (χ1) is 17.9. The van der Waals surface area contributed by atoms with Gasteiger partial charge in [0.1, 0.15) is 6.10 Å². The van der Waals surface area contributed by atoms with E-state index in [1.807, 2.05) is 92.7 Å². The number of nitrogens with one attached hydrogen (secondary N) is 1. The smallest absolute Gasteiger partial charge is 0.412 e. The molecule has 1 unspecified atom stereocenters. The highest BCUT2D eigenvalue weighted by atomic mass is 32.1. The number of hydrogen-bond donors (Lipinski definition) is 2. The lowest BCUT2D eigenvalue weighted by Crippen LogP contribution is -2.42. The summed E-state index contributed by atoms with van der Waals surface area (Å²) in [5, 5.41) is 12.6. The summed E-state index contributed by atoms with van der Waals surface area (Å²) in [5.74, 6) is -0.737. The number of nitrogens with zero attached hydrogens (tertiary/aromatic N) is 1. The Hall–Kier alpha value is -3.97. The summed E-state index contributed by atoms with van der Waals surface area (Å²) < 4.78 is 10.0. The van der Waals surface area contributed by atoms with Crippen LogP contribution in [0.2, 0.25) is 0 Å². The highest BCUT2D eigenvalue weighted by molar-refractivity contribution is 7.10. The van der Waals surface area contributed by atoms with Gasteiger partial charge in [-0.25, -0.2) is 4.79 Å². The molecule has 2 N–H and O–H groups in total. The molecule has 37 heavy (non-hydrogen) atoms. The van der Waals surface area contributed by atoms with Gasteiger partial charge in [0.15, 0.2) is 0 Å². The second-order valence-electron chi connectivity index (χ2n) is 9.45. The van der Waals surface area contributed by atoms with Crippen molar-refractivity contribution in [3.05, 3.63) is 95.7 Å². The van der Waals surface area contributed by atoms with Crippen LogP contribution in [0.4, 0.5) is 10.5 Å². The fourth-order valence-electron chi connectivity index (χ4n) is 4.75. The van der Waals surface area contributed by atoms with E-state index in [0.29, 0.717) is 18.5 Å². The molecule has 1 atom stereocenters. The van der Waals surface area contributed by atoms with Gasteiger partial charge in [-0.15, -0.1) is 0 Å². The summed E-state index contributed by atoms with van der Waals surface area (Å²) >= 11 is 1.33. The maximum absolute atomic E-state index is 12.6. The molecule has 1 aliphatic carbocycles. The number of benzene rings is 3. The van der Waals surface area contributed by atoms with Crippen LogP contribution in [0.3, 0.4) is 0 Å². The van der Waals surface area contributed by atoms with Crippen molar-refractivity contribution in [1.82, 2.24) is 4.37 Å². The molecule has 3 aromatic carbocycles. The first-order valence-corrected chi connectivity index (χ1v) is 13.1. The lowest BCUT2D eigenvalue weighted by molar-refractivity contribution is -0.147. The van der Waals surface area contributed by atoms with Crippen LogP contribution in [0.1, 0.15) is 49.1 Å². The third-order valence-corrected chi connectivity index (χ3v) is 8.16. The predicted octanol–water partition coefficient (Wildman–Crippen LogP) is 7.60. The molecule has 0 aliphatic heterocycles. The van der Waals surface area contributed by atoms with Gasteiger partial charge in [0.25, 0.3) is 0 Å². The molecule has 1 saturated carbocycles. The largest absolute Gasteiger partial charge is 0.481 e. The van der Waals surface area contributed by atoms with Gasteiger partial charge in [-0.1, -0.05) is 85.3 Å². The molecule has 0 radical (unpaired) electrons. The summed E-state index contributed by atoms with van der Waals surface area (Å²) in [4.78, 5) is 25.3. The van der Waals surface area contributed by atoms with Gasteiger partial charge < -0.3 is 9.84 Å². The zero-order valence-corrected chi connectivity index (χ0v) is 21.5. The third kappa shape index (κ3) is 4.87. The predicted molar refractivity (Wildman–Crippen MR) is 146 cm³/mol. The second kappa shape index (κ2) is 10.2. The SMILES string of the molecule is Cc1nsc(-c2ccc(-c3ccc(C4(C(=O)O)CCC4)cc3)cc2)c1NC(=O)OC(C)c1ccccc1. The average molecular weight is 513 g/mol. The first kappa shape index (κ1) is 24.7. The summed E-state index contributed by atoms with van der Waals surface area (Å²) in [5.41, 5.74) is 5.43. The summed E-state index contributed by atoms with van der Waals surface area (Å²) in [7, 11) is 0. The molecule has 5 rings (SSSR count). The normalized spacial score (nSPS) is 14.9. The number of aromatic nitrogens is 1. The van der Waals surface area contributed by atoms with Gasteiger partial charge in [0.05, 0.1) is 21.7 Å². The van der Waals surface area contributed by atoms with Crippen molar-refractivity contribution in [3.63, 3.8) is 0 Å². The zero-order chi connectivity index (χ0) is 26.0. The number of carboxylic acids is 1. The van der Waals surface area contributed by atoms with Crippen molar-refractivity contribution >= 4 is 29.3 Å². The van der Waals surface area contributed by atoms with Crippen molar-refractivity contribution < 1.29 is 19.4 Å². The number of hydrogen-bond acceptors (Lipinski definition) is 5. The molecule has 6 nitrogen and oxygen atoms in total. The van der Waals surface area contributed by atoms with Crippen LogP contribution in [0.25, 0.3) is 21.6 Å². The lowest BCUT2D eigenvalue weighted by Gasteiger charge is -2.38. The zero-order valence-electron chi connectivity index (χ0n) is 20.7. The Bertz CT molecular complexity index is 1410. The Labute approximate surface area is 220 Å². The molecule has 4 aromatic rings. The van der Waals surface area contributed by atoms with Crippen LogP contribution in [-0.2, 0) is 14.9 Å². The van der Waals surface area contributed by atoms with Crippen LogP contribution in [-0.4, -0.2) is 21.5 Å². The van der Waals surface area contributed by atoms with Crippen LogP contribution >= 0.6 is 11.5 Å². The number of amides is 1. The van der Waals surface area contributed by atoms with Gasteiger partial charge >= 0.3 is 12.1 Å². The first-order valence-electron chi connectivity index (χ1n) is 12.3. The van der Waals surface area contributed by atoms with Crippen LogP contribution in [0.15, 0.2) is 78.9 Å². The minimum atomic E-state index is -0.737. The van der Waals surface area contributed by atoms with Gasteiger partial charge in [-0.05, 0) is 66.0 Å². The van der Waals surface area contributed by atoms with Crippen molar-refractivity contribution in [1.29, 1.82) is 0 Å². The van der Waals surface area contributed by atoms with Crippen LogP contribution in [0, 0.1) is 6.92 Å². The highest BCUT2D eigenvalue weighted by Crippen LogP contribution is 2.44. The van der Waals surface area contributed by atoms with E-state index in [2.05, 4.69) is 9.69 Å². The van der Waals surface area contributed by atoms with Gasteiger partial charge in [-0.2, -0.15) is 4.37 Å². The number of ether oxygens (including phenoxy) is 1. The fourth-order valence-corrected chi connectivity index (χ4v) is 5.60. The number of carbonyl (C=O) groups excluding carboxylic acids is 1. The monoisotopic (exact) mass is 512 g/mol. The van der Waals surface area contributed by atoms with E-state index in [9.17, 15) is 14.7 Å². The summed E-state index contributed by atoms with van der Waals surface area (Å²) in [6, 6.07) is 25.5. The molecule has 0 bridgehead atoms. The molecule has 0 spiro atoms. The topological polar surface area (TPSA) is 88.5 Å². The van der Waals surface area contributed by atoms with E-state index < -0.39 is 17.5 Å². The highest BCUT2D eigenvalue weighted by Gasteiger charge is 2.45. The van der Waals surface area contributed by atoms with Crippen molar-refractivity contribution in [2.45, 2.75) is 44.6 Å². The Morgan fingerprint density at radius 3 is 2.11 bits per heavy atom. The molecule has 1 fully saturated rings. The number of aliphatic carboxylic acids is 1. The maximum Gasteiger partial charge on any atom is 0.412 e. The number of aryl methyl sites for hydroxylation is 1. The van der Waals surface area contributed by atoms with E-state index in [1.165, 1.54) is 11.5 Å². The minimum Gasteiger partial charge on any atom is -0.481 e. The molecule has 0 saturated heterocycles. The summed E-state index contributed by atoms with van der Waals surface area (Å²) in [6.07, 6.45) is 1.44. The quantitative estimate of drug-likeness (QED) is 0.266. The maximum atomic E-state index is 12.6. The molecule has 188 valence electrons. The van der Waals surface area contributed by atoms with Crippen molar-refractivity contribution in [3.8, 4) is 21.6 Å². The molecule has 7 heteroatoms. The standard InChI is InChI=1S/C30H28N2O4S/c1-19-26(31-29(35)36-20(2)21-7-4-3-5-8-21)27(37-32-19)24-11-9-22(10-12-24)23-13-15-25(16-14-23)30(28(33)34)17-6-18-30/h3-5,7-16,20H,6,17-18H2,1-2H3,(H,31,35)(H,33,34). The Morgan fingerprint density at radius 2 is 1.54 bits per heavy atom. The average Bonchev–Trinajstić information content (AvgIpc) is 3.24. The second-order valence-corrected chi connectivity index (χ2v) is 10.2. The third-order valence-electron chi connectivity index (χ3n) is 7.18. The van der Waals surface area contributed by atoms with Gasteiger partial charge in [0.2, 0.25) is 0 Å². The Morgan fingerprint density at radius 1 is 0.946 bits per heavy atom. The molecule has 1 heterocycles. The number of carboxylic acid groups (broad SMARTS) is 1. The van der Waals surface area contributed by atoms with E-state index >= 15 is 0 Å². The number of anilines is 1. The lowest BCUT2D eigenvalue weighted by atomic mass is 9.64. The Balaban J connectivity index is 1.30. The minimum absolute atomic E-state index is 0.378. The van der Waals surface area contributed by atoms with Crippen LogP contribution in [0.5, 0.6) is 0 Å². The van der Waals surface area contributed by atoms with Crippen molar-refractivity contribution in [2.24, 2.45) is 0 Å². The van der Waals surface area contributed by atoms with E-state index in [1.54, 1.807) is 0 Å². The van der Waals surface area contributed by atoms with E-state index in [4.69, 9.17) is 4.74 Å². The van der Waals surface area contributed by atoms with Gasteiger partial charge in [-0.3, -0.25) is 10.1 Å². The molecular weight excluding hydrogens is 484 g/mol. The molecule has 1 amide bonds. The van der Waals surface area contributed by atoms with E-state index in [-0.39, 0.29) is 6.10 Å². The molecular formula is C30H28N2O4S. The number of rotatable bonds is 7. The fraction of sp³-hybridized carbons (Fsp3) is 0.233. The number of carbonyl (C=O) groups is 2. The van der Waals surface area contributed by atoms with E-state index in [0.717, 1.165) is 44.8 Å². The van der Waals surface area contributed by atoms with Crippen molar-refractivity contribution in [2.75, 3.05) is 5.32 Å². The molecule has 1 aliphatic rings. The van der Waals surface area contributed by atoms with Crippen LogP contribution < -0.4 is 5.32 Å². The van der Waals surface area contributed by atoms with Gasteiger partial charge in [0, 0.05) is 0 Å². The Kier molecular flexibility index (Phi) is 6.80.